The summed E-state index contributed by atoms with van der Waals surface area (Å²) in [6.07, 6.45) is 2.40. The molecule has 0 spiro atoms. The van der Waals surface area contributed by atoms with Crippen molar-refractivity contribution >= 4 is 15.9 Å². The van der Waals surface area contributed by atoms with Crippen molar-refractivity contribution in [1.82, 2.24) is 14.5 Å². The number of carbonyl (C=O) groups excluding carboxylic acids is 1. The molecule has 1 aliphatic carbocycles. The van der Waals surface area contributed by atoms with Crippen LogP contribution < -0.4 is 10.1 Å². The van der Waals surface area contributed by atoms with E-state index in [4.69, 9.17) is 4.74 Å². The molecule has 8 heteroatoms. The fourth-order valence-corrected chi connectivity index (χ4v) is 4.66. The summed E-state index contributed by atoms with van der Waals surface area (Å²) in [5.74, 6) is 1.28. The smallest absolute Gasteiger partial charge is 0.243 e. The molecule has 1 aliphatic heterocycles. The van der Waals surface area contributed by atoms with Crippen LogP contribution in [0.15, 0.2) is 29.2 Å². The lowest BCUT2D eigenvalue weighted by Crippen LogP contribution is -2.51. The molecule has 1 amide bonds. The maximum Gasteiger partial charge on any atom is 0.243 e. The molecule has 0 radical (unpaired) electrons. The molecule has 1 aromatic carbocycles. The van der Waals surface area contributed by atoms with Gasteiger partial charge in [0.15, 0.2) is 0 Å². The number of carbonyl (C=O) groups is 1. The molecule has 3 rings (SSSR count). The van der Waals surface area contributed by atoms with Gasteiger partial charge < -0.3 is 10.1 Å². The first-order chi connectivity index (χ1) is 12.4. The fourth-order valence-electron chi connectivity index (χ4n) is 3.24. The third-order valence-corrected chi connectivity index (χ3v) is 7.03. The number of piperazine rings is 1. The molecule has 1 N–H and O–H groups in total. The maximum atomic E-state index is 12.7. The van der Waals surface area contributed by atoms with E-state index in [0.717, 1.165) is 0 Å². The third-order valence-electron chi connectivity index (χ3n) is 5.11. The summed E-state index contributed by atoms with van der Waals surface area (Å²) in [6.45, 7) is 4.27. The first-order valence-electron chi connectivity index (χ1n) is 9.06. The number of rotatable bonds is 7. The second-order valence-electron chi connectivity index (χ2n) is 7.05. The van der Waals surface area contributed by atoms with Crippen molar-refractivity contribution in [3.8, 4) is 5.75 Å². The number of amides is 1. The first-order valence-corrected chi connectivity index (χ1v) is 10.5. The topological polar surface area (TPSA) is 79.0 Å². The predicted octanol–water partition coefficient (Wildman–Crippen LogP) is 0.916. The average Bonchev–Trinajstić information content (AvgIpc) is 3.47. The van der Waals surface area contributed by atoms with Crippen molar-refractivity contribution in [3.63, 3.8) is 0 Å². The molecule has 1 heterocycles. The van der Waals surface area contributed by atoms with Crippen LogP contribution in [0.2, 0.25) is 0 Å². The van der Waals surface area contributed by atoms with Gasteiger partial charge >= 0.3 is 0 Å². The van der Waals surface area contributed by atoms with Crippen molar-refractivity contribution in [2.24, 2.45) is 5.92 Å². The van der Waals surface area contributed by atoms with E-state index in [9.17, 15) is 13.2 Å². The van der Waals surface area contributed by atoms with Crippen LogP contribution in [0.5, 0.6) is 5.75 Å². The van der Waals surface area contributed by atoms with Gasteiger partial charge in [0.1, 0.15) is 5.75 Å². The van der Waals surface area contributed by atoms with Gasteiger partial charge in [0.05, 0.1) is 18.6 Å². The summed E-state index contributed by atoms with van der Waals surface area (Å²) >= 11 is 0. The highest BCUT2D eigenvalue weighted by atomic mass is 32.2. The molecule has 7 nitrogen and oxygen atoms in total. The zero-order valence-corrected chi connectivity index (χ0v) is 16.2. The molecular formula is C18H27N3O4S. The van der Waals surface area contributed by atoms with E-state index in [1.807, 2.05) is 4.90 Å². The highest BCUT2D eigenvalue weighted by Crippen LogP contribution is 2.32. The van der Waals surface area contributed by atoms with E-state index in [1.165, 1.54) is 17.1 Å². The Bertz CT molecular complexity index is 723. The predicted molar refractivity (Wildman–Crippen MR) is 98.5 cm³/mol. The molecule has 1 saturated carbocycles. The standard InChI is InChI=1S/C18H27N3O4S/c1-14(15-3-4-15)19-18(22)13-20-9-11-21(12-10-20)26(23,24)17-7-5-16(25-2)6-8-17/h5-8,14-15H,3-4,9-13H2,1-2H3,(H,19,22)/t14-/m0/s1. The highest BCUT2D eigenvalue weighted by Gasteiger charge is 2.31. The monoisotopic (exact) mass is 381 g/mol. The Morgan fingerprint density at radius 1 is 1.19 bits per heavy atom. The summed E-state index contributed by atoms with van der Waals surface area (Å²) in [4.78, 5) is 14.4. The van der Waals surface area contributed by atoms with Gasteiger partial charge in [-0.3, -0.25) is 9.69 Å². The minimum Gasteiger partial charge on any atom is -0.497 e. The van der Waals surface area contributed by atoms with Crippen LogP contribution in [-0.4, -0.2) is 69.4 Å². The van der Waals surface area contributed by atoms with Crippen molar-refractivity contribution in [3.05, 3.63) is 24.3 Å². The Kier molecular flexibility index (Phi) is 5.84. The molecule has 1 saturated heterocycles. The quantitative estimate of drug-likeness (QED) is 0.760. The molecule has 2 aliphatic rings. The summed E-state index contributed by atoms with van der Waals surface area (Å²) in [5.41, 5.74) is 0. The summed E-state index contributed by atoms with van der Waals surface area (Å²) in [7, 11) is -1.96. The van der Waals surface area contributed by atoms with Crippen molar-refractivity contribution in [2.75, 3.05) is 39.8 Å². The normalized spacial score (nSPS) is 20.5. The molecule has 0 bridgehead atoms. The van der Waals surface area contributed by atoms with E-state index >= 15 is 0 Å². The van der Waals surface area contributed by atoms with Crippen molar-refractivity contribution in [1.29, 1.82) is 0 Å². The number of sulfonamides is 1. The lowest BCUT2D eigenvalue weighted by Gasteiger charge is -2.33. The number of benzene rings is 1. The Hall–Kier alpha value is -1.64. The van der Waals surface area contributed by atoms with Crippen LogP contribution >= 0.6 is 0 Å². The second-order valence-corrected chi connectivity index (χ2v) is 8.99. The number of methoxy groups -OCH3 is 1. The number of hydrogen-bond donors (Lipinski definition) is 1. The van der Waals surface area contributed by atoms with Crippen LogP contribution in [0.1, 0.15) is 19.8 Å². The largest absolute Gasteiger partial charge is 0.497 e. The van der Waals surface area contributed by atoms with Crippen LogP contribution in [0.25, 0.3) is 0 Å². The Morgan fingerprint density at radius 3 is 2.35 bits per heavy atom. The second kappa shape index (κ2) is 7.94. The SMILES string of the molecule is COc1ccc(S(=O)(=O)N2CCN(CC(=O)N[C@@H](C)C3CC3)CC2)cc1. The van der Waals surface area contributed by atoms with Gasteiger partial charge in [-0.15, -0.1) is 0 Å². The lowest BCUT2D eigenvalue weighted by molar-refractivity contribution is -0.123. The van der Waals surface area contributed by atoms with Gasteiger partial charge in [-0.1, -0.05) is 0 Å². The zero-order chi connectivity index (χ0) is 18.7. The van der Waals surface area contributed by atoms with Gasteiger partial charge in [-0.25, -0.2) is 8.42 Å². The Balaban J connectivity index is 1.51. The molecular weight excluding hydrogens is 354 g/mol. The van der Waals surface area contributed by atoms with E-state index in [0.29, 0.717) is 44.4 Å². The molecule has 1 aromatic rings. The maximum absolute atomic E-state index is 12.7. The average molecular weight is 381 g/mol. The highest BCUT2D eigenvalue weighted by molar-refractivity contribution is 7.89. The van der Waals surface area contributed by atoms with E-state index in [2.05, 4.69) is 12.2 Å². The fraction of sp³-hybridized carbons (Fsp3) is 0.611. The van der Waals surface area contributed by atoms with E-state index < -0.39 is 10.0 Å². The minimum atomic E-state index is -3.51. The number of hydrogen-bond acceptors (Lipinski definition) is 5. The molecule has 2 fully saturated rings. The van der Waals surface area contributed by atoms with Crippen molar-refractivity contribution in [2.45, 2.75) is 30.7 Å². The first kappa shape index (κ1) is 19.1. The molecule has 0 aromatic heterocycles. The van der Waals surface area contributed by atoms with Gasteiger partial charge in [-0.2, -0.15) is 4.31 Å². The zero-order valence-electron chi connectivity index (χ0n) is 15.3. The van der Waals surface area contributed by atoms with Crippen LogP contribution in [-0.2, 0) is 14.8 Å². The Labute approximate surface area is 155 Å². The minimum absolute atomic E-state index is 0.0239. The van der Waals surface area contributed by atoms with Gasteiger partial charge in [-0.05, 0) is 49.9 Å². The van der Waals surface area contributed by atoms with Crippen LogP contribution in [0.3, 0.4) is 0 Å². The summed E-state index contributed by atoms with van der Waals surface area (Å²) < 4.78 is 32.0. The number of ether oxygens (including phenoxy) is 1. The molecule has 0 unspecified atom stereocenters. The number of nitrogens with zero attached hydrogens (tertiary/aromatic N) is 2. The molecule has 26 heavy (non-hydrogen) atoms. The summed E-state index contributed by atoms with van der Waals surface area (Å²) in [5, 5.41) is 3.04. The molecule has 144 valence electrons. The van der Waals surface area contributed by atoms with Crippen molar-refractivity contribution < 1.29 is 17.9 Å². The third kappa shape index (κ3) is 4.55. The van der Waals surface area contributed by atoms with Gasteiger partial charge in [0, 0.05) is 32.2 Å². The van der Waals surface area contributed by atoms with Gasteiger partial charge in [0.2, 0.25) is 15.9 Å². The number of nitrogens with one attached hydrogen (secondary N) is 1. The van der Waals surface area contributed by atoms with Crippen LogP contribution in [0, 0.1) is 5.92 Å². The Morgan fingerprint density at radius 2 is 1.81 bits per heavy atom. The van der Waals surface area contributed by atoms with Gasteiger partial charge in [0.25, 0.3) is 0 Å². The van der Waals surface area contributed by atoms with Crippen LogP contribution in [0.4, 0.5) is 0 Å². The molecule has 1 atom stereocenters. The lowest BCUT2D eigenvalue weighted by atomic mass is 10.2. The summed E-state index contributed by atoms with van der Waals surface area (Å²) in [6, 6.07) is 6.66. The van der Waals surface area contributed by atoms with E-state index in [1.54, 1.807) is 31.4 Å². The van der Waals surface area contributed by atoms with E-state index in [-0.39, 0.29) is 16.8 Å².